The number of carbonyl (C=O) groups excluding carboxylic acids is 3. The third kappa shape index (κ3) is 5.43. The van der Waals surface area contributed by atoms with Crippen LogP contribution < -0.4 is 16.0 Å². The lowest BCUT2D eigenvalue weighted by molar-refractivity contribution is -0.121. The zero-order chi connectivity index (χ0) is 21.8. The first-order chi connectivity index (χ1) is 15.0. The molecule has 0 radical (unpaired) electrons. The van der Waals surface area contributed by atoms with Crippen LogP contribution in [0.2, 0.25) is 0 Å². The third-order valence-corrected chi connectivity index (χ3v) is 6.39. The van der Waals surface area contributed by atoms with Crippen molar-refractivity contribution in [3.63, 3.8) is 0 Å². The van der Waals surface area contributed by atoms with Gasteiger partial charge in [0.25, 0.3) is 0 Å². The number of thioether (sulfide) groups is 1. The first-order valence-corrected chi connectivity index (χ1v) is 11.5. The average Bonchev–Trinajstić information content (AvgIpc) is 3.35. The number of benzene rings is 1. The van der Waals surface area contributed by atoms with Crippen LogP contribution in [0.1, 0.15) is 43.5 Å². The molecule has 1 aromatic heterocycles. The molecular weight excluding hydrogens is 416 g/mol. The first kappa shape index (κ1) is 21.4. The molecule has 1 aromatic carbocycles. The van der Waals surface area contributed by atoms with Gasteiger partial charge in [-0.15, -0.1) is 10.2 Å². The largest absolute Gasteiger partial charge is 0.353 e. The zero-order valence-corrected chi connectivity index (χ0v) is 18.2. The monoisotopic (exact) mass is 442 g/mol. The van der Waals surface area contributed by atoms with E-state index in [1.807, 2.05) is 35.8 Å². The molecule has 10 heteroatoms. The van der Waals surface area contributed by atoms with Crippen molar-refractivity contribution < 1.29 is 14.4 Å². The number of hydrogen-bond acceptors (Lipinski definition) is 6. The highest BCUT2D eigenvalue weighted by molar-refractivity contribution is 7.99. The van der Waals surface area contributed by atoms with E-state index in [-0.39, 0.29) is 36.1 Å². The molecule has 4 amide bonds. The Morgan fingerprint density at radius 2 is 2.06 bits per heavy atom. The van der Waals surface area contributed by atoms with Crippen LogP contribution in [0.5, 0.6) is 0 Å². The van der Waals surface area contributed by atoms with Crippen LogP contribution in [-0.4, -0.2) is 50.4 Å². The molecule has 4 rings (SSSR count). The molecule has 164 valence electrons. The van der Waals surface area contributed by atoms with Gasteiger partial charge in [-0.1, -0.05) is 36.7 Å². The van der Waals surface area contributed by atoms with Crippen molar-refractivity contribution in [2.45, 2.75) is 62.7 Å². The zero-order valence-electron chi connectivity index (χ0n) is 17.4. The molecule has 1 aliphatic heterocycles. The van der Waals surface area contributed by atoms with E-state index in [9.17, 15) is 14.4 Å². The van der Waals surface area contributed by atoms with Crippen molar-refractivity contribution in [3.8, 4) is 5.69 Å². The van der Waals surface area contributed by atoms with Gasteiger partial charge in [-0.2, -0.15) is 0 Å². The SMILES string of the molecule is Cc1cccc(-n2c(CC3CC(=O)NC(=O)N3)nnc2SCC(=O)NC2CCCC2)c1. The molecule has 31 heavy (non-hydrogen) atoms. The van der Waals surface area contributed by atoms with Crippen molar-refractivity contribution in [2.75, 3.05) is 5.75 Å². The van der Waals surface area contributed by atoms with Crippen LogP contribution in [0.25, 0.3) is 5.69 Å². The summed E-state index contributed by atoms with van der Waals surface area (Å²) in [6.45, 7) is 2.00. The molecule has 1 unspecified atom stereocenters. The summed E-state index contributed by atoms with van der Waals surface area (Å²) in [5.41, 5.74) is 1.96. The maximum absolute atomic E-state index is 12.4. The minimum atomic E-state index is -0.499. The van der Waals surface area contributed by atoms with Crippen LogP contribution in [0.4, 0.5) is 4.79 Å². The molecule has 2 aromatic rings. The number of rotatable bonds is 7. The Kier molecular flexibility index (Phi) is 6.55. The van der Waals surface area contributed by atoms with E-state index >= 15 is 0 Å². The van der Waals surface area contributed by atoms with E-state index in [1.165, 1.54) is 24.6 Å². The van der Waals surface area contributed by atoms with Gasteiger partial charge < -0.3 is 10.6 Å². The number of nitrogens with zero attached hydrogens (tertiary/aromatic N) is 3. The number of aromatic nitrogens is 3. The van der Waals surface area contributed by atoms with Gasteiger partial charge in [0, 0.05) is 30.6 Å². The minimum absolute atomic E-state index is 0.00606. The molecular formula is C21H26N6O3S. The Labute approximate surface area is 184 Å². The highest BCUT2D eigenvalue weighted by atomic mass is 32.2. The number of urea groups is 1. The number of aryl methyl sites for hydroxylation is 1. The average molecular weight is 443 g/mol. The van der Waals surface area contributed by atoms with Gasteiger partial charge in [-0.05, 0) is 37.5 Å². The highest BCUT2D eigenvalue weighted by Gasteiger charge is 2.27. The van der Waals surface area contributed by atoms with E-state index in [2.05, 4.69) is 26.1 Å². The van der Waals surface area contributed by atoms with E-state index in [4.69, 9.17) is 0 Å². The second-order valence-electron chi connectivity index (χ2n) is 8.04. The van der Waals surface area contributed by atoms with Crippen LogP contribution in [0.3, 0.4) is 0 Å². The van der Waals surface area contributed by atoms with Gasteiger partial charge >= 0.3 is 6.03 Å². The number of nitrogens with one attached hydrogen (secondary N) is 3. The molecule has 1 aliphatic carbocycles. The summed E-state index contributed by atoms with van der Waals surface area (Å²) < 4.78 is 1.90. The summed E-state index contributed by atoms with van der Waals surface area (Å²) in [5, 5.41) is 17.3. The maximum Gasteiger partial charge on any atom is 0.321 e. The predicted molar refractivity (Wildman–Crippen MR) is 116 cm³/mol. The van der Waals surface area contributed by atoms with Gasteiger partial charge in [0.15, 0.2) is 5.16 Å². The summed E-state index contributed by atoms with van der Waals surface area (Å²) in [5.74, 6) is 0.564. The Morgan fingerprint density at radius 1 is 1.26 bits per heavy atom. The second-order valence-corrected chi connectivity index (χ2v) is 8.98. The number of amides is 4. The molecule has 9 nitrogen and oxygen atoms in total. The Bertz CT molecular complexity index is 969. The summed E-state index contributed by atoms with van der Waals surface area (Å²) >= 11 is 1.33. The van der Waals surface area contributed by atoms with Crippen LogP contribution in [0, 0.1) is 6.92 Å². The van der Waals surface area contributed by atoms with Crippen molar-refractivity contribution in [3.05, 3.63) is 35.7 Å². The Hall–Kier alpha value is -2.88. The summed E-state index contributed by atoms with van der Waals surface area (Å²) in [7, 11) is 0. The Balaban J connectivity index is 1.52. The number of hydrogen-bond donors (Lipinski definition) is 3. The quantitative estimate of drug-likeness (QED) is 0.564. The highest BCUT2D eigenvalue weighted by Crippen LogP contribution is 2.24. The fourth-order valence-corrected chi connectivity index (χ4v) is 4.82. The van der Waals surface area contributed by atoms with E-state index in [0.717, 1.165) is 24.1 Å². The van der Waals surface area contributed by atoms with Crippen molar-refractivity contribution in [1.82, 2.24) is 30.7 Å². The fraction of sp³-hybridized carbons (Fsp3) is 0.476. The van der Waals surface area contributed by atoms with Gasteiger partial charge in [0.2, 0.25) is 11.8 Å². The Morgan fingerprint density at radius 3 is 2.81 bits per heavy atom. The standard InChI is InChI=1S/C21H26N6O3S/c1-13-5-4-8-16(9-13)27-17(10-15-11-18(28)24-20(30)23-15)25-26-21(27)31-12-19(29)22-14-6-2-3-7-14/h4-5,8-9,14-15H,2-3,6-7,10-12H2,1H3,(H,22,29)(H2,23,24,28,30). The molecule has 0 spiro atoms. The number of imide groups is 1. The van der Waals surface area contributed by atoms with E-state index < -0.39 is 6.03 Å². The lowest BCUT2D eigenvalue weighted by Crippen LogP contribution is -2.53. The molecule has 3 N–H and O–H groups in total. The molecule has 0 bridgehead atoms. The molecule has 2 aliphatic rings. The first-order valence-electron chi connectivity index (χ1n) is 10.5. The normalized spacial score (nSPS) is 19.2. The molecule has 1 saturated heterocycles. The molecule has 1 saturated carbocycles. The van der Waals surface area contributed by atoms with Gasteiger partial charge in [-0.25, -0.2) is 4.79 Å². The van der Waals surface area contributed by atoms with Gasteiger partial charge in [0.05, 0.1) is 5.75 Å². The summed E-state index contributed by atoms with van der Waals surface area (Å²) in [6.07, 6.45) is 4.95. The van der Waals surface area contributed by atoms with Crippen molar-refractivity contribution in [1.29, 1.82) is 0 Å². The second kappa shape index (κ2) is 9.51. The maximum atomic E-state index is 12.4. The number of carbonyl (C=O) groups is 3. The minimum Gasteiger partial charge on any atom is -0.353 e. The van der Waals surface area contributed by atoms with Crippen molar-refractivity contribution in [2.24, 2.45) is 0 Å². The lowest BCUT2D eigenvalue weighted by atomic mass is 10.1. The summed E-state index contributed by atoms with van der Waals surface area (Å²) in [6, 6.07) is 7.33. The molecule has 1 atom stereocenters. The topological polar surface area (TPSA) is 118 Å². The summed E-state index contributed by atoms with van der Waals surface area (Å²) in [4.78, 5) is 35.8. The third-order valence-electron chi connectivity index (χ3n) is 5.46. The lowest BCUT2D eigenvalue weighted by Gasteiger charge is -2.23. The fourth-order valence-electron chi connectivity index (χ4n) is 4.04. The molecule has 2 fully saturated rings. The van der Waals surface area contributed by atoms with E-state index in [1.54, 1.807) is 0 Å². The van der Waals surface area contributed by atoms with Gasteiger partial charge in [-0.3, -0.25) is 19.5 Å². The predicted octanol–water partition coefficient (Wildman–Crippen LogP) is 1.87. The van der Waals surface area contributed by atoms with Crippen LogP contribution >= 0.6 is 11.8 Å². The van der Waals surface area contributed by atoms with Crippen LogP contribution in [-0.2, 0) is 16.0 Å². The van der Waals surface area contributed by atoms with E-state index in [0.29, 0.717) is 17.4 Å². The molecule has 2 heterocycles. The van der Waals surface area contributed by atoms with Crippen LogP contribution in [0.15, 0.2) is 29.4 Å². The van der Waals surface area contributed by atoms with Gasteiger partial charge in [0.1, 0.15) is 5.82 Å². The smallest absolute Gasteiger partial charge is 0.321 e. The van der Waals surface area contributed by atoms with Crippen molar-refractivity contribution >= 4 is 29.6 Å².